The van der Waals surface area contributed by atoms with Crippen molar-refractivity contribution in [2.45, 2.75) is 12.6 Å². The van der Waals surface area contributed by atoms with E-state index in [9.17, 15) is 14.7 Å². The van der Waals surface area contributed by atoms with E-state index in [1.165, 1.54) is 4.90 Å². The molecule has 166 valence electrons. The van der Waals surface area contributed by atoms with Gasteiger partial charge in [0.05, 0.1) is 11.6 Å². The van der Waals surface area contributed by atoms with Crippen molar-refractivity contribution >= 4 is 33.4 Å². The van der Waals surface area contributed by atoms with Crippen LogP contribution in [-0.2, 0) is 16.1 Å². The first kappa shape index (κ1) is 22.5. The lowest BCUT2D eigenvalue weighted by molar-refractivity contribution is -0.140. The highest BCUT2D eigenvalue weighted by atomic mass is 79.9. The molecule has 33 heavy (non-hydrogen) atoms. The third-order valence-electron chi connectivity index (χ3n) is 5.28. The van der Waals surface area contributed by atoms with Crippen LogP contribution < -0.4 is 4.74 Å². The molecule has 0 radical (unpaired) electrons. The molecular weight excluding hydrogens is 484 g/mol. The second-order valence-corrected chi connectivity index (χ2v) is 8.38. The van der Waals surface area contributed by atoms with Crippen LogP contribution in [0.4, 0.5) is 0 Å². The molecule has 1 saturated heterocycles. The van der Waals surface area contributed by atoms with Crippen molar-refractivity contribution in [1.29, 1.82) is 0 Å². The summed E-state index contributed by atoms with van der Waals surface area (Å²) >= 11 is 3.37. The van der Waals surface area contributed by atoms with Crippen LogP contribution in [0.5, 0.6) is 5.75 Å². The molecule has 1 aliphatic heterocycles. The van der Waals surface area contributed by atoms with Gasteiger partial charge in [-0.3, -0.25) is 14.6 Å². The maximum atomic E-state index is 13.1. The molecule has 0 aliphatic carbocycles. The summed E-state index contributed by atoms with van der Waals surface area (Å²) in [6.45, 7) is 4.14. The average Bonchev–Trinajstić information content (AvgIpc) is 3.08. The van der Waals surface area contributed by atoms with Crippen LogP contribution >= 0.6 is 15.9 Å². The predicted octanol–water partition coefficient (Wildman–Crippen LogP) is 5.03. The van der Waals surface area contributed by atoms with Gasteiger partial charge in [0.1, 0.15) is 18.1 Å². The standard InChI is InChI=1S/C26H21BrN2O4/c1-2-13-33-21-7-3-6-19(14-21)23-22(24(30)18-8-10-20(27)11-9-18)25(31)26(32)29(23)16-17-5-4-12-28-15-17/h2-12,14-15,23,30H,1,13,16H2/t23-/m1/s1. The summed E-state index contributed by atoms with van der Waals surface area (Å²) in [7, 11) is 0. The Labute approximate surface area is 200 Å². The highest BCUT2D eigenvalue weighted by Gasteiger charge is 2.46. The zero-order valence-corrected chi connectivity index (χ0v) is 19.2. The van der Waals surface area contributed by atoms with Gasteiger partial charge in [0, 0.05) is 29.0 Å². The number of hydrogen-bond donors (Lipinski definition) is 1. The number of Topliss-reactive ketones (excluding diaryl/α,β-unsaturated/α-hetero) is 1. The first-order chi connectivity index (χ1) is 16.0. The van der Waals surface area contributed by atoms with E-state index in [1.807, 2.05) is 12.1 Å². The summed E-state index contributed by atoms with van der Waals surface area (Å²) in [6.07, 6.45) is 4.92. The molecule has 2 aromatic carbocycles. The highest BCUT2D eigenvalue weighted by molar-refractivity contribution is 9.10. The van der Waals surface area contributed by atoms with Gasteiger partial charge in [-0.05, 0) is 41.5 Å². The Morgan fingerprint density at radius 1 is 1.15 bits per heavy atom. The topological polar surface area (TPSA) is 79.7 Å². The molecule has 1 fully saturated rings. The van der Waals surface area contributed by atoms with E-state index in [0.29, 0.717) is 23.5 Å². The number of halogens is 1. The van der Waals surface area contributed by atoms with Crippen molar-refractivity contribution in [3.05, 3.63) is 112 Å². The molecule has 0 bridgehead atoms. The van der Waals surface area contributed by atoms with Crippen molar-refractivity contribution in [2.24, 2.45) is 0 Å². The molecule has 1 aliphatic rings. The van der Waals surface area contributed by atoms with Gasteiger partial charge in [0.2, 0.25) is 0 Å². The van der Waals surface area contributed by atoms with Crippen LogP contribution in [0.1, 0.15) is 22.7 Å². The number of aliphatic hydroxyl groups excluding tert-OH is 1. The van der Waals surface area contributed by atoms with E-state index < -0.39 is 17.7 Å². The number of nitrogens with zero attached hydrogens (tertiary/aromatic N) is 2. The number of amides is 1. The maximum Gasteiger partial charge on any atom is 0.295 e. The van der Waals surface area contributed by atoms with Gasteiger partial charge >= 0.3 is 0 Å². The lowest BCUT2D eigenvalue weighted by Gasteiger charge is -2.25. The zero-order valence-electron chi connectivity index (χ0n) is 17.6. The number of likely N-dealkylation sites (tertiary alicyclic amines) is 1. The number of carbonyl (C=O) groups excluding carboxylic acids is 2. The fourth-order valence-corrected chi connectivity index (χ4v) is 4.04. The first-order valence-corrected chi connectivity index (χ1v) is 11.1. The second-order valence-electron chi connectivity index (χ2n) is 7.47. The van der Waals surface area contributed by atoms with Gasteiger partial charge in [-0.15, -0.1) is 0 Å². The molecule has 1 N–H and O–H groups in total. The minimum Gasteiger partial charge on any atom is -0.507 e. The van der Waals surface area contributed by atoms with Gasteiger partial charge < -0.3 is 14.7 Å². The Morgan fingerprint density at radius 2 is 1.94 bits per heavy atom. The largest absolute Gasteiger partial charge is 0.507 e. The number of carbonyl (C=O) groups is 2. The van der Waals surface area contributed by atoms with Gasteiger partial charge in [-0.25, -0.2) is 0 Å². The van der Waals surface area contributed by atoms with E-state index in [0.717, 1.165) is 10.0 Å². The number of pyridine rings is 1. The normalized spacial score (nSPS) is 17.2. The lowest BCUT2D eigenvalue weighted by atomic mass is 9.95. The third kappa shape index (κ3) is 4.73. The minimum atomic E-state index is -0.791. The molecule has 2 heterocycles. The van der Waals surface area contributed by atoms with Crippen molar-refractivity contribution in [3.63, 3.8) is 0 Å². The van der Waals surface area contributed by atoms with Crippen LogP contribution in [0.2, 0.25) is 0 Å². The van der Waals surface area contributed by atoms with Crippen molar-refractivity contribution in [2.75, 3.05) is 6.61 Å². The van der Waals surface area contributed by atoms with Gasteiger partial charge in [-0.1, -0.05) is 58.9 Å². The Balaban J connectivity index is 1.84. The van der Waals surface area contributed by atoms with Gasteiger partial charge in [-0.2, -0.15) is 0 Å². The fraction of sp³-hybridized carbons (Fsp3) is 0.115. The van der Waals surface area contributed by atoms with Gasteiger partial charge in [0.15, 0.2) is 0 Å². The molecule has 0 unspecified atom stereocenters. The minimum absolute atomic E-state index is 0.0343. The Morgan fingerprint density at radius 3 is 2.64 bits per heavy atom. The summed E-state index contributed by atoms with van der Waals surface area (Å²) in [5.74, 6) is -1.07. The molecule has 1 amide bonds. The number of rotatable bonds is 7. The molecule has 3 aromatic rings. The number of benzene rings is 2. The van der Waals surface area contributed by atoms with Crippen molar-refractivity contribution < 1.29 is 19.4 Å². The molecule has 4 rings (SSSR count). The summed E-state index contributed by atoms with van der Waals surface area (Å²) < 4.78 is 6.49. The number of aliphatic hydroxyl groups is 1. The van der Waals surface area contributed by atoms with Crippen LogP contribution in [0.25, 0.3) is 5.76 Å². The lowest BCUT2D eigenvalue weighted by Crippen LogP contribution is -2.29. The van der Waals surface area contributed by atoms with E-state index >= 15 is 0 Å². The Bertz CT molecular complexity index is 1220. The summed E-state index contributed by atoms with van der Waals surface area (Å²) in [4.78, 5) is 31.8. The van der Waals surface area contributed by atoms with E-state index in [1.54, 1.807) is 67.0 Å². The Hall–Kier alpha value is -3.71. The second kappa shape index (κ2) is 9.83. The first-order valence-electron chi connectivity index (χ1n) is 10.3. The van der Waals surface area contributed by atoms with E-state index in [4.69, 9.17) is 4.74 Å². The number of hydrogen-bond acceptors (Lipinski definition) is 5. The smallest absolute Gasteiger partial charge is 0.295 e. The fourth-order valence-electron chi connectivity index (χ4n) is 3.77. The summed E-state index contributed by atoms with van der Waals surface area (Å²) in [5, 5.41) is 11.1. The number of ketones is 1. The Kier molecular flexibility index (Phi) is 6.70. The molecule has 0 spiro atoms. The molecule has 7 heteroatoms. The third-order valence-corrected chi connectivity index (χ3v) is 5.80. The quantitative estimate of drug-likeness (QED) is 0.211. The molecule has 0 saturated carbocycles. The molecule has 1 atom stereocenters. The molecular formula is C26H21BrN2O4. The van der Waals surface area contributed by atoms with Crippen LogP contribution in [0.3, 0.4) is 0 Å². The molecule has 1 aromatic heterocycles. The summed E-state index contributed by atoms with van der Waals surface area (Å²) in [6, 6.07) is 16.9. The van der Waals surface area contributed by atoms with E-state index in [2.05, 4.69) is 27.5 Å². The van der Waals surface area contributed by atoms with Crippen molar-refractivity contribution in [3.8, 4) is 5.75 Å². The SMILES string of the molecule is C=CCOc1cccc([C@@H]2C(=C(O)c3ccc(Br)cc3)C(=O)C(=O)N2Cc2cccnc2)c1. The van der Waals surface area contributed by atoms with Crippen LogP contribution in [0.15, 0.2) is 95.8 Å². The summed E-state index contributed by atoms with van der Waals surface area (Å²) in [5.41, 5.74) is 1.90. The zero-order chi connectivity index (χ0) is 23.4. The van der Waals surface area contributed by atoms with Crippen molar-refractivity contribution in [1.82, 2.24) is 9.88 Å². The van der Waals surface area contributed by atoms with Crippen LogP contribution in [-0.4, -0.2) is 33.3 Å². The highest BCUT2D eigenvalue weighted by Crippen LogP contribution is 2.41. The maximum absolute atomic E-state index is 13.1. The predicted molar refractivity (Wildman–Crippen MR) is 128 cm³/mol. The number of ether oxygens (including phenoxy) is 1. The number of aromatic nitrogens is 1. The van der Waals surface area contributed by atoms with Crippen LogP contribution in [0, 0.1) is 0 Å². The monoisotopic (exact) mass is 504 g/mol. The average molecular weight is 505 g/mol. The molecule has 6 nitrogen and oxygen atoms in total. The van der Waals surface area contributed by atoms with E-state index in [-0.39, 0.29) is 17.9 Å². The van der Waals surface area contributed by atoms with Gasteiger partial charge in [0.25, 0.3) is 11.7 Å².